The van der Waals surface area contributed by atoms with E-state index >= 15 is 0 Å². The number of ketones is 2. The summed E-state index contributed by atoms with van der Waals surface area (Å²) in [4.78, 5) is 28.3. The number of likely N-dealkylation sites (tertiary alicyclic amines) is 1. The molecule has 0 aliphatic carbocycles. The first-order chi connectivity index (χ1) is 14.5. The molecule has 0 bridgehead atoms. The van der Waals surface area contributed by atoms with Gasteiger partial charge in [-0.2, -0.15) is 0 Å². The van der Waals surface area contributed by atoms with E-state index in [4.69, 9.17) is 11.6 Å². The third kappa shape index (κ3) is 5.11. The van der Waals surface area contributed by atoms with Crippen LogP contribution in [-0.4, -0.2) is 53.5 Å². The second-order valence-corrected chi connectivity index (χ2v) is 9.43. The van der Waals surface area contributed by atoms with E-state index < -0.39 is 0 Å². The molecule has 1 saturated heterocycles. The maximum Gasteiger partial charge on any atom is 0.179 e. The highest BCUT2D eigenvalue weighted by Crippen LogP contribution is 2.33. The minimum absolute atomic E-state index is 0.0188. The Balaban J connectivity index is 1.21. The van der Waals surface area contributed by atoms with Crippen LogP contribution in [0.15, 0.2) is 47.4 Å². The molecule has 1 fully saturated rings. The fourth-order valence-corrected chi connectivity index (χ4v) is 5.33. The van der Waals surface area contributed by atoms with E-state index in [9.17, 15) is 14.0 Å². The quantitative estimate of drug-likeness (QED) is 0.463. The van der Waals surface area contributed by atoms with Crippen LogP contribution < -0.4 is 0 Å². The van der Waals surface area contributed by atoms with Crippen LogP contribution in [0.3, 0.4) is 0 Å². The monoisotopic (exact) mass is 446 g/mol. The topological polar surface area (TPSA) is 40.6 Å². The number of rotatable bonds is 6. The molecule has 2 heterocycles. The van der Waals surface area contributed by atoms with E-state index in [0.717, 1.165) is 55.9 Å². The molecule has 0 N–H and O–H groups in total. The fraction of sp³-hybridized carbons (Fsp3) is 0.391. The van der Waals surface area contributed by atoms with Crippen LogP contribution in [0.2, 0.25) is 5.02 Å². The lowest BCUT2D eigenvalue weighted by Crippen LogP contribution is -2.38. The van der Waals surface area contributed by atoms with Gasteiger partial charge in [0, 0.05) is 33.5 Å². The predicted molar refractivity (Wildman–Crippen MR) is 118 cm³/mol. The predicted octanol–water partition coefficient (Wildman–Crippen LogP) is 4.97. The Labute approximate surface area is 185 Å². The molecular formula is C23H24ClFN2O2S. The van der Waals surface area contributed by atoms with Gasteiger partial charge in [0.05, 0.1) is 6.54 Å². The number of carbonyl (C=O) groups excluding carboxylic acids is 2. The molecule has 0 atom stereocenters. The van der Waals surface area contributed by atoms with Crippen LogP contribution in [0.1, 0.15) is 40.0 Å². The summed E-state index contributed by atoms with van der Waals surface area (Å²) in [7, 11) is 0. The van der Waals surface area contributed by atoms with E-state index in [2.05, 4.69) is 9.21 Å². The zero-order valence-corrected chi connectivity index (χ0v) is 18.2. The van der Waals surface area contributed by atoms with E-state index in [1.165, 1.54) is 12.1 Å². The highest BCUT2D eigenvalue weighted by atomic mass is 35.5. The average Bonchev–Trinajstić information content (AvgIpc) is 2.75. The van der Waals surface area contributed by atoms with Gasteiger partial charge >= 0.3 is 0 Å². The molecule has 2 aliphatic heterocycles. The van der Waals surface area contributed by atoms with Gasteiger partial charge in [-0.3, -0.25) is 9.59 Å². The normalized spacial score (nSPS) is 18.4. The summed E-state index contributed by atoms with van der Waals surface area (Å²) in [5.74, 6) is -0.0597. The molecule has 2 aromatic carbocycles. The summed E-state index contributed by atoms with van der Waals surface area (Å²) in [5.41, 5.74) is 1.32. The maximum atomic E-state index is 13.1. The summed E-state index contributed by atoms with van der Waals surface area (Å²) >= 11 is 7.62. The molecule has 158 valence electrons. The second kappa shape index (κ2) is 9.60. The molecule has 0 aromatic heterocycles. The minimum atomic E-state index is -0.317. The molecule has 2 aromatic rings. The van der Waals surface area contributed by atoms with Crippen molar-refractivity contribution >= 4 is 35.1 Å². The van der Waals surface area contributed by atoms with Crippen molar-refractivity contribution in [3.63, 3.8) is 0 Å². The van der Waals surface area contributed by atoms with Gasteiger partial charge in [-0.15, -0.1) is 0 Å². The van der Waals surface area contributed by atoms with Gasteiger partial charge < -0.3 is 4.90 Å². The average molecular weight is 447 g/mol. The third-order valence-corrected chi connectivity index (χ3v) is 7.12. The van der Waals surface area contributed by atoms with Crippen LogP contribution in [-0.2, 0) is 0 Å². The Morgan fingerprint density at radius 3 is 2.57 bits per heavy atom. The van der Waals surface area contributed by atoms with Crippen LogP contribution in [0.4, 0.5) is 4.39 Å². The van der Waals surface area contributed by atoms with Crippen LogP contribution in [0.25, 0.3) is 0 Å². The second-order valence-electron chi connectivity index (χ2n) is 7.86. The Kier molecular flexibility index (Phi) is 6.88. The molecule has 7 heteroatoms. The summed E-state index contributed by atoms with van der Waals surface area (Å²) in [6.45, 7) is 3.99. The van der Waals surface area contributed by atoms with Gasteiger partial charge in [0.1, 0.15) is 5.82 Å². The molecule has 0 radical (unpaired) electrons. The highest BCUT2D eigenvalue weighted by Gasteiger charge is 2.27. The number of piperidine rings is 1. The number of hydrogen-bond acceptors (Lipinski definition) is 5. The van der Waals surface area contributed by atoms with Crippen molar-refractivity contribution in [2.24, 2.45) is 5.92 Å². The molecule has 4 rings (SSSR count). The van der Waals surface area contributed by atoms with Crippen LogP contribution >= 0.6 is 23.5 Å². The van der Waals surface area contributed by atoms with E-state index in [1.54, 1.807) is 30.1 Å². The lowest BCUT2D eigenvalue weighted by atomic mass is 9.89. The Morgan fingerprint density at radius 1 is 1.10 bits per heavy atom. The molecular weight excluding hydrogens is 423 g/mol. The van der Waals surface area contributed by atoms with E-state index in [-0.39, 0.29) is 23.3 Å². The van der Waals surface area contributed by atoms with Gasteiger partial charge in [-0.25, -0.2) is 8.70 Å². The van der Waals surface area contributed by atoms with Gasteiger partial charge in [0.15, 0.2) is 11.6 Å². The van der Waals surface area contributed by atoms with Crippen LogP contribution in [0.5, 0.6) is 0 Å². The molecule has 2 aliphatic rings. The van der Waals surface area contributed by atoms with Crippen molar-refractivity contribution in [1.82, 2.24) is 9.21 Å². The Morgan fingerprint density at radius 2 is 1.83 bits per heavy atom. The number of fused-ring (bicyclic) bond motifs is 1. The van der Waals surface area contributed by atoms with Crippen molar-refractivity contribution < 1.29 is 14.0 Å². The first-order valence-corrected chi connectivity index (χ1v) is 11.4. The first kappa shape index (κ1) is 21.5. The van der Waals surface area contributed by atoms with Crippen molar-refractivity contribution in [3.05, 3.63) is 64.4 Å². The Bertz CT molecular complexity index is 929. The van der Waals surface area contributed by atoms with Crippen molar-refractivity contribution in [3.8, 4) is 0 Å². The molecule has 4 nitrogen and oxygen atoms in total. The number of halogens is 2. The van der Waals surface area contributed by atoms with Crippen LogP contribution in [0, 0.1) is 11.7 Å². The molecule has 0 unspecified atom stereocenters. The standard InChI is InChI=1S/C23H24ClFN2O2S/c24-18-4-7-22-20(14-18)21(28)15-27(30-22)11-1-10-26-12-8-17(9-13-26)23(29)16-2-5-19(25)6-3-16/h2-7,14,17H,1,8-13,15H2. The van der Waals surface area contributed by atoms with Gasteiger partial charge in [-0.05, 0) is 93.3 Å². The van der Waals surface area contributed by atoms with Crippen molar-refractivity contribution in [1.29, 1.82) is 0 Å². The lowest BCUT2D eigenvalue weighted by molar-refractivity contribution is 0.0838. The third-order valence-electron chi connectivity index (χ3n) is 5.76. The summed E-state index contributed by atoms with van der Waals surface area (Å²) in [6.07, 6.45) is 2.64. The maximum absolute atomic E-state index is 13.1. The van der Waals surface area contributed by atoms with Crippen molar-refractivity contribution in [2.45, 2.75) is 24.2 Å². The SMILES string of the molecule is O=C1CN(CCCN2CCC(C(=O)c3ccc(F)cc3)CC2)Sc2ccc(Cl)cc21. The summed E-state index contributed by atoms with van der Waals surface area (Å²) in [6, 6.07) is 11.3. The molecule has 30 heavy (non-hydrogen) atoms. The van der Waals surface area contributed by atoms with Crippen molar-refractivity contribution in [2.75, 3.05) is 32.7 Å². The van der Waals surface area contributed by atoms with Gasteiger partial charge in [0.25, 0.3) is 0 Å². The van der Waals surface area contributed by atoms with E-state index in [1.807, 2.05) is 12.1 Å². The van der Waals surface area contributed by atoms with Gasteiger partial charge in [0.2, 0.25) is 0 Å². The Hall–Kier alpha value is -1.73. The number of benzene rings is 2. The minimum Gasteiger partial charge on any atom is -0.303 e. The summed E-state index contributed by atoms with van der Waals surface area (Å²) in [5, 5.41) is 0.595. The highest BCUT2D eigenvalue weighted by molar-refractivity contribution is 7.97. The lowest BCUT2D eigenvalue weighted by Gasteiger charge is -2.32. The fourth-order valence-electron chi connectivity index (χ4n) is 4.08. The number of Topliss-reactive ketones (excluding diaryl/α,β-unsaturated/α-hetero) is 2. The number of nitrogens with zero attached hydrogens (tertiary/aromatic N) is 2. The number of hydrogen-bond donors (Lipinski definition) is 0. The zero-order valence-electron chi connectivity index (χ0n) is 16.7. The van der Waals surface area contributed by atoms with Gasteiger partial charge in [-0.1, -0.05) is 11.6 Å². The molecule has 0 amide bonds. The summed E-state index contributed by atoms with van der Waals surface area (Å²) < 4.78 is 15.2. The largest absolute Gasteiger partial charge is 0.303 e. The first-order valence-electron chi connectivity index (χ1n) is 10.3. The van der Waals surface area contributed by atoms with E-state index in [0.29, 0.717) is 17.1 Å². The zero-order chi connectivity index (χ0) is 21.1. The smallest absolute Gasteiger partial charge is 0.179 e. The number of carbonyl (C=O) groups is 2. The molecule has 0 saturated carbocycles. The molecule has 0 spiro atoms.